The quantitative estimate of drug-likeness (QED) is 0.522. The number of fused-ring (bicyclic) bond motifs is 5. The van der Waals surface area contributed by atoms with Crippen molar-refractivity contribution in [1.29, 1.82) is 0 Å². The third-order valence-corrected chi connectivity index (χ3v) is 11.1. The summed E-state index contributed by atoms with van der Waals surface area (Å²) in [7, 11) is -3.50. The summed E-state index contributed by atoms with van der Waals surface area (Å²) >= 11 is 0. The highest BCUT2D eigenvalue weighted by molar-refractivity contribution is 7.50. The molecule has 0 aromatic rings. The maximum Gasteiger partial charge on any atom is 0.480 e. The van der Waals surface area contributed by atoms with Crippen LogP contribution in [-0.2, 0) is 22.9 Å². The topological polar surface area (TPSA) is 82.1 Å². The predicted octanol–water partition coefficient (Wildman–Crippen LogP) is 3.99. The van der Waals surface area contributed by atoms with Gasteiger partial charge < -0.3 is 5.11 Å². The number of phosphoric ester groups is 1. The first-order valence-corrected chi connectivity index (χ1v) is 12.2. The molecule has 0 aromatic heterocycles. The SMILES string of the molecule is CC(=O)[C@H]1CCC2C3CC=C4C[C@H](O)C5OP6(=O)OC5(O6)[C@]4(C)C3CC[C@@]21C. The van der Waals surface area contributed by atoms with Crippen LogP contribution in [0.2, 0.25) is 0 Å². The fourth-order valence-electron chi connectivity index (χ4n) is 8.34. The fourth-order valence-corrected chi connectivity index (χ4v) is 10.3. The molecule has 4 unspecified atom stereocenters. The Morgan fingerprint density at radius 1 is 1.21 bits per heavy atom. The van der Waals surface area contributed by atoms with Crippen molar-refractivity contribution in [3.8, 4) is 0 Å². The lowest BCUT2D eigenvalue weighted by Crippen LogP contribution is -2.69. The van der Waals surface area contributed by atoms with Gasteiger partial charge in [0.15, 0.2) is 6.10 Å². The van der Waals surface area contributed by atoms with E-state index in [4.69, 9.17) is 13.6 Å². The molecule has 6 nitrogen and oxygen atoms in total. The molecular formula is C21H29O6P. The number of rotatable bonds is 1. The van der Waals surface area contributed by atoms with Crippen LogP contribution >= 0.6 is 7.82 Å². The Labute approximate surface area is 165 Å². The van der Waals surface area contributed by atoms with E-state index in [9.17, 15) is 14.5 Å². The minimum absolute atomic E-state index is 0.0722. The van der Waals surface area contributed by atoms with E-state index >= 15 is 0 Å². The molecule has 7 rings (SSSR count). The smallest absolute Gasteiger partial charge is 0.390 e. The number of hydrogen-bond donors (Lipinski definition) is 1. The largest absolute Gasteiger partial charge is 0.480 e. The van der Waals surface area contributed by atoms with Crippen molar-refractivity contribution in [2.24, 2.45) is 34.5 Å². The molecule has 28 heavy (non-hydrogen) atoms. The second-order valence-corrected chi connectivity index (χ2v) is 11.9. The van der Waals surface area contributed by atoms with E-state index in [2.05, 4.69) is 19.9 Å². The highest BCUT2D eigenvalue weighted by Gasteiger charge is 2.83. The Bertz CT molecular complexity index is 842. The summed E-state index contributed by atoms with van der Waals surface area (Å²) in [6.07, 6.45) is 6.45. The van der Waals surface area contributed by atoms with Gasteiger partial charge in [-0.3, -0.25) is 9.32 Å². The molecule has 7 aliphatic rings. The summed E-state index contributed by atoms with van der Waals surface area (Å²) in [5.74, 6) is 0.656. The monoisotopic (exact) mass is 408 g/mol. The van der Waals surface area contributed by atoms with Gasteiger partial charge in [0.1, 0.15) is 5.78 Å². The first-order valence-electron chi connectivity index (χ1n) is 10.7. The second kappa shape index (κ2) is 5.20. The van der Waals surface area contributed by atoms with E-state index in [1.165, 1.54) is 5.57 Å². The van der Waals surface area contributed by atoms with Crippen molar-refractivity contribution in [2.75, 3.05) is 0 Å². The normalized spacial score (nSPS) is 61.4. The van der Waals surface area contributed by atoms with E-state index in [0.717, 1.165) is 32.1 Å². The third kappa shape index (κ3) is 1.82. The number of aliphatic hydroxyl groups excluding tert-OH is 1. The lowest BCUT2D eigenvalue weighted by Gasteiger charge is -2.63. The molecule has 4 aliphatic carbocycles. The van der Waals surface area contributed by atoms with Gasteiger partial charge in [0.2, 0.25) is 5.79 Å². The van der Waals surface area contributed by atoms with Crippen LogP contribution in [0.3, 0.4) is 0 Å². The van der Waals surface area contributed by atoms with Gasteiger partial charge >= 0.3 is 7.82 Å². The van der Waals surface area contributed by atoms with Gasteiger partial charge in [-0.2, -0.15) is 0 Å². The number of aliphatic hydroxyl groups is 1. The molecule has 8 atom stereocenters. The molecule has 7 heteroatoms. The number of carbonyl (C=O) groups excluding carboxylic acids is 1. The molecule has 1 spiro atoms. The lowest BCUT2D eigenvalue weighted by molar-refractivity contribution is -0.291. The highest BCUT2D eigenvalue weighted by atomic mass is 31.2. The Morgan fingerprint density at radius 2 is 1.96 bits per heavy atom. The number of allylic oxidation sites excluding steroid dienone is 1. The third-order valence-electron chi connectivity index (χ3n) is 9.59. The van der Waals surface area contributed by atoms with Crippen molar-refractivity contribution in [3.05, 3.63) is 11.6 Å². The molecule has 2 bridgehead atoms. The maximum absolute atomic E-state index is 12.5. The zero-order valence-corrected chi connectivity index (χ0v) is 17.6. The first-order chi connectivity index (χ1) is 13.1. The predicted molar refractivity (Wildman–Crippen MR) is 100 cm³/mol. The fraction of sp³-hybridized carbons (Fsp3) is 0.857. The van der Waals surface area contributed by atoms with E-state index in [1.807, 2.05) is 0 Å². The zero-order chi connectivity index (χ0) is 19.7. The van der Waals surface area contributed by atoms with Gasteiger partial charge in [-0.25, -0.2) is 13.6 Å². The summed E-state index contributed by atoms with van der Waals surface area (Å²) in [4.78, 5) is 12.3. The number of Topliss-reactive ketones (excluding diaryl/α,β-unsaturated/α-hetero) is 1. The summed E-state index contributed by atoms with van der Waals surface area (Å²) in [5.41, 5.74) is 0.793. The molecule has 0 aromatic carbocycles. The van der Waals surface area contributed by atoms with E-state index < -0.39 is 31.2 Å². The Hall–Kier alpha value is -0.520. The summed E-state index contributed by atoms with van der Waals surface area (Å²) in [6, 6.07) is 0. The van der Waals surface area contributed by atoms with Gasteiger partial charge in [-0.1, -0.05) is 25.5 Å². The van der Waals surface area contributed by atoms with Gasteiger partial charge in [0.25, 0.3) is 0 Å². The Balaban J connectivity index is 1.43. The van der Waals surface area contributed by atoms with E-state index in [0.29, 0.717) is 30.0 Å². The zero-order valence-electron chi connectivity index (χ0n) is 16.7. The van der Waals surface area contributed by atoms with Gasteiger partial charge in [-0.05, 0) is 68.6 Å². The Kier molecular flexibility index (Phi) is 3.39. The summed E-state index contributed by atoms with van der Waals surface area (Å²) in [5, 5.41) is 10.6. The van der Waals surface area contributed by atoms with Crippen LogP contribution in [0.25, 0.3) is 0 Å². The molecule has 154 valence electrons. The van der Waals surface area contributed by atoms with Crippen LogP contribution in [0, 0.1) is 34.5 Å². The molecule has 3 aliphatic heterocycles. The molecule has 3 heterocycles. The van der Waals surface area contributed by atoms with Crippen molar-refractivity contribution >= 4 is 13.6 Å². The molecule has 6 fully saturated rings. The summed E-state index contributed by atoms with van der Waals surface area (Å²) in [6.45, 7) is 6.25. The van der Waals surface area contributed by atoms with Gasteiger partial charge in [-0.15, -0.1) is 0 Å². The molecule has 3 saturated heterocycles. The van der Waals surface area contributed by atoms with Crippen LogP contribution in [-0.4, -0.2) is 28.9 Å². The molecule has 3 saturated carbocycles. The minimum atomic E-state index is -3.50. The molecular weight excluding hydrogens is 379 g/mol. The average Bonchev–Trinajstić information content (AvgIpc) is 3.21. The van der Waals surface area contributed by atoms with Gasteiger partial charge in [0, 0.05) is 11.3 Å². The highest BCUT2D eigenvalue weighted by Crippen LogP contribution is 2.83. The van der Waals surface area contributed by atoms with Crippen LogP contribution in [0.15, 0.2) is 11.6 Å². The van der Waals surface area contributed by atoms with Crippen LogP contribution in [0.4, 0.5) is 0 Å². The minimum Gasteiger partial charge on any atom is -0.390 e. The maximum atomic E-state index is 12.5. The Morgan fingerprint density at radius 3 is 2.68 bits per heavy atom. The average molecular weight is 408 g/mol. The van der Waals surface area contributed by atoms with Crippen molar-refractivity contribution in [2.45, 2.75) is 77.3 Å². The second-order valence-electron chi connectivity index (χ2n) is 10.4. The number of hydrogen-bond acceptors (Lipinski definition) is 6. The standard InChI is InChI=1S/C21H29O6P/c1-11(22)14-6-7-15-13-5-4-12-10-17(23)18-21(26-28(24,25-18)27-21)20(12,3)16(13)8-9-19(14,15)2/h4,13-18,23H,5-10H2,1-3H3/t13?,14-,15?,16?,17+,18?,19-,20+,21?,28?/m1/s1. The van der Waals surface area contributed by atoms with E-state index in [1.54, 1.807) is 6.92 Å². The number of ketones is 1. The molecule has 0 radical (unpaired) electrons. The van der Waals surface area contributed by atoms with Crippen molar-refractivity contribution in [3.63, 3.8) is 0 Å². The summed E-state index contributed by atoms with van der Waals surface area (Å²) < 4.78 is 29.8. The van der Waals surface area contributed by atoms with Crippen LogP contribution < -0.4 is 0 Å². The lowest BCUT2D eigenvalue weighted by atomic mass is 9.45. The first kappa shape index (κ1) is 18.3. The van der Waals surface area contributed by atoms with Gasteiger partial charge in [0.05, 0.1) is 6.10 Å². The molecule has 1 N–H and O–H groups in total. The van der Waals surface area contributed by atoms with E-state index in [-0.39, 0.29) is 11.3 Å². The van der Waals surface area contributed by atoms with Crippen LogP contribution in [0.5, 0.6) is 0 Å². The number of phosphoric acid groups is 1. The molecule has 0 amide bonds. The van der Waals surface area contributed by atoms with Crippen LogP contribution in [0.1, 0.15) is 59.3 Å². The van der Waals surface area contributed by atoms with Crippen molar-refractivity contribution < 1.29 is 28.0 Å². The van der Waals surface area contributed by atoms with Crippen molar-refractivity contribution in [1.82, 2.24) is 0 Å². The number of carbonyl (C=O) groups is 1.